The van der Waals surface area contributed by atoms with Gasteiger partial charge in [-0.2, -0.15) is 0 Å². The van der Waals surface area contributed by atoms with Gasteiger partial charge in [-0.1, -0.05) is 66.6 Å². The Balaban J connectivity index is 1.52. The maximum atomic E-state index is 12.7. The molecule has 2 bridgehead atoms. The summed E-state index contributed by atoms with van der Waals surface area (Å²) in [5.41, 5.74) is 3.12. The fraction of sp³-hybridized carbons (Fsp3) is 0.391. The monoisotopic (exact) mass is 387 g/mol. The normalized spacial score (nSPS) is 22.6. The van der Waals surface area contributed by atoms with Crippen molar-refractivity contribution in [2.75, 3.05) is 0 Å². The maximum absolute atomic E-state index is 12.7. The zero-order chi connectivity index (χ0) is 19.6. The molecule has 2 aliphatic rings. The van der Waals surface area contributed by atoms with E-state index in [4.69, 9.17) is 0 Å². The number of fused-ring (bicyclic) bond motifs is 2. The van der Waals surface area contributed by atoms with Crippen LogP contribution in [0.3, 0.4) is 0 Å². The van der Waals surface area contributed by atoms with Gasteiger partial charge in [0.15, 0.2) is 0 Å². The Kier molecular flexibility index (Phi) is 5.44. The SMILES string of the molecule is FC(F)(F)Oc1ccccc1CC1=CC2CCCC(C1)N2Cc1ccccc1. The molecule has 0 aliphatic carbocycles. The van der Waals surface area contributed by atoms with Crippen LogP contribution in [0.5, 0.6) is 5.75 Å². The fourth-order valence-electron chi connectivity index (χ4n) is 4.50. The highest BCUT2D eigenvalue weighted by atomic mass is 19.4. The molecule has 0 saturated carbocycles. The van der Waals surface area contributed by atoms with Crippen LogP contribution >= 0.6 is 0 Å². The Morgan fingerprint density at radius 2 is 1.71 bits per heavy atom. The second-order valence-corrected chi connectivity index (χ2v) is 7.67. The third kappa shape index (κ3) is 4.58. The van der Waals surface area contributed by atoms with Crippen LogP contribution < -0.4 is 4.74 Å². The molecule has 0 aromatic heterocycles. The van der Waals surface area contributed by atoms with E-state index in [-0.39, 0.29) is 5.75 Å². The van der Waals surface area contributed by atoms with Crippen LogP contribution in [0, 0.1) is 0 Å². The van der Waals surface area contributed by atoms with Gasteiger partial charge < -0.3 is 4.74 Å². The molecule has 2 heterocycles. The van der Waals surface area contributed by atoms with E-state index in [9.17, 15) is 13.2 Å². The Morgan fingerprint density at radius 1 is 0.964 bits per heavy atom. The Bertz CT molecular complexity index is 831. The Morgan fingerprint density at radius 3 is 2.46 bits per heavy atom. The smallest absolute Gasteiger partial charge is 0.405 e. The highest BCUT2D eigenvalue weighted by Gasteiger charge is 2.35. The molecule has 2 aromatic rings. The number of ether oxygens (including phenoxy) is 1. The quantitative estimate of drug-likeness (QED) is 0.594. The van der Waals surface area contributed by atoms with Crippen LogP contribution in [0.1, 0.15) is 36.8 Å². The van der Waals surface area contributed by atoms with Gasteiger partial charge in [-0.3, -0.25) is 4.90 Å². The molecule has 2 atom stereocenters. The maximum Gasteiger partial charge on any atom is 0.573 e. The summed E-state index contributed by atoms with van der Waals surface area (Å²) in [5, 5.41) is 0. The second-order valence-electron chi connectivity index (χ2n) is 7.67. The predicted octanol–water partition coefficient (Wildman–Crippen LogP) is 5.88. The van der Waals surface area contributed by atoms with Crippen molar-refractivity contribution >= 4 is 0 Å². The van der Waals surface area contributed by atoms with Gasteiger partial charge in [0.2, 0.25) is 0 Å². The van der Waals surface area contributed by atoms with Gasteiger partial charge in [-0.05, 0) is 42.9 Å². The molecule has 0 spiro atoms. The third-order valence-electron chi connectivity index (χ3n) is 5.68. The minimum atomic E-state index is -4.67. The first-order valence-electron chi connectivity index (χ1n) is 9.81. The number of hydrogen-bond acceptors (Lipinski definition) is 2. The first kappa shape index (κ1) is 19.1. The minimum absolute atomic E-state index is 0.0900. The number of alkyl halides is 3. The average Bonchev–Trinajstić information content (AvgIpc) is 2.64. The second kappa shape index (κ2) is 8.00. The highest BCUT2D eigenvalue weighted by molar-refractivity contribution is 5.37. The van der Waals surface area contributed by atoms with Gasteiger partial charge in [0.05, 0.1) is 0 Å². The minimum Gasteiger partial charge on any atom is -0.405 e. The van der Waals surface area contributed by atoms with E-state index in [2.05, 4.69) is 40.0 Å². The number of rotatable bonds is 5. The lowest BCUT2D eigenvalue weighted by atomic mass is 9.83. The summed E-state index contributed by atoms with van der Waals surface area (Å²) in [6.07, 6.45) is 2.48. The number of para-hydroxylation sites is 1. The molecule has 0 radical (unpaired) electrons. The van der Waals surface area contributed by atoms with Crippen molar-refractivity contribution in [2.45, 2.75) is 57.1 Å². The number of piperidine rings is 1. The van der Waals surface area contributed by atoms with Crippen molar-refractivity contribution in [3.63, 3.8) is 0 Å². The summed E-state index contributed by atoms with van der Waals surface area (Å²) in [7, 11) is 0. The Labute approximate surface area is 163 Å². The summed E-state index contributed by atoms with van der Waals surface area (Å²) in [6, 6.07) is 17.7. The third-order valence-corrected chi connectivity index (χ3v) is 5.68. The van der Waals surface area contributed by atoms with E-state index in [0.29, 0.717) is 24.1 Å². The molecule has 1 saturated heterocycles. The van der Waals surface area contributed by atoms with Gasteiger partial charge in [-0.25, -0.2) is 0 Å². The van der Waals surface area contributed by atoms with Crippen molar-refractivity contribution in [1.82, 2.24) is 4.90 Å². The van der Waals surface area contributed by atoms with Crippen LogP contribution in [0.25, 0.3) is 0 Å². The van der Waals surface area contributed by atoms with Gasteiger partial charge >= 0.3 is 6.36 Å². The fourth-order valence-corrected chi connectivity index (χ4v) is 4.50. The van der Waals surface area contributed by atoms with Crippen LogP contribution in [0.4, 0.5) is 13.2 Å². The van der Waals surface area contributed by atoms with Crippen molar-refractivity contribution in [1.29, 1.82) is 0 Å². The lowest BCUT2D eigenvalue weighted by Gasteiger charge is -2.45. The van der Waals surface area contributed by atoms with Crippen LogP contribution in [0.15, 0.2) is 66.2 Å². The molecule has 2 aromatic carbocycles. The van der Waals surface area contributed by atoms with E-state index in [1.54, 1.807) is 18.2 Å². The van der Waals surface area contributed by atoms with Gasteiger partial charge in [0.25, 0.3) is 0 Å². The van der Waals surface area contributed by atoms with Crippen molar-refractivity contribution in [3.8, 4) is 5.75 Å². The molecule has 2 nitrogen and oxygen atoms in total. The zero-order valence-corrected chi connectivity index (χ0v) is 15.7. The van der Waals surface area contributed by atoms with Crippen molar-refractivity contribution in [3.05, 3.63) is 77.4 Å². The molecule has 0 N–H and O–H groups in total. The number of nitrogens with zero attached hydrogens (tertiary/aromatic N) is 1. The van der Waals surface area contributed by atoms with E-state index < -0.39 is 6.36 Å². The Hall–Kier alpha value is -2.27. The predicted molar refractivity (Wildman–Crippen MR) is 103 cm³/mol. The van der Waals surface area contributed by atoms with Crippen LogP contribution in [0.2, 0.25) is 0 Å². The van der Waals surface area contributed by atoms with Crippen molar-refractivity contribution in [2.24, 2.45) is 0 Å². The summed E-state index contributed by atoms with van der Waals surface area (Å²) in [6.45, 7) is 0.924. The first-order valence-corrected chi connectivity index (χ1v) is 9.81. The number of halogens is 3. The van der Waals surface area contributed by atoms with E-state index >= 15 is 0 Å². The zero-order valence-electron chi connectivity index (χ0n) is 15.7. The molecular formula is C23H24F3NO. The number of hydrogen-bond donors (Lipinski definition) is 0. The van der Waals surface area contributed by atoms with Crippen LogP contribution in [-0.4, -0.2) is 23.3 Å². The molecule has 2 aliphatic heterocycles. The molecule has 5 heteroatoms. The van der Waals surface area contributed by atoms with Gasteiger partial charge in [0.1, 0.15) is 5.75 Å². The lowest BCUT2D eigenvalue weighted by Crippen LogP contribution is -2.48. The summed E-state index contributed by atoms with van der Waals surface area (Å²) < 4.78 is 42.3. The van der Waals surface area contributed by atoms with Gasteiger partial charge in [0, 0.05) is 18.6 Å². The molecule has 28 heavy (non-hydrogen) atoms. The lowest BCUT2D eigenvalue weighted by molar-refractivity contribution is -0.274. The molecule has 4 rings (SSSR count). The molecular weight excluding hydrogens is 363 g/mol. The van der Waals surface area contributed by atoms with Crippen LogP contribution in [-0.2, 0) is 13.0 Å². The molecule has 2 unspecified atom stereocenters. The standard InChI is InChI=1S/C23H24F3NO/c24-23(25,26)28-22-12-5-4-9-19(22)13-18-14-20-10-6-11-21(15-18)27(20)16-17-7-2-1-3-8-17/h1-5,7-9,12,14,20-21H,6,10-11,13,15-16H2. The van der Waals surface area contributed by atoms with Gasteiger partial charge in [-0.15, -0.1) is 13.2 Å². The average molecular weight is 387 g/mol. The summed E-state index contributed by atoms with van der Waals surface area (Å²) in [4.78, 5) is 2.56. The van der Waals surface area contributed by atoms with E-state index in [1.165, 1.54) is 23.6 Å². The topological polar surface area (TPSA) is 12.5 Å². The largest absolute Gasteiger partial charge is 0.573 e. The molecule has 1 fully saturated rings. The van der Waals surface area contributed by atoms with E-state index in [0.717, 1.165) is 25.8 Å². The first-order chi connectivity index (χ1) is 13.5. The van der Waals surface area contributed by atoms with E-state index in [1.807, 2.05) is 6.07 Å². The molecule has 0 amide bonds. The summed E-state index contributed by atoms with van der Waals surface area (Å²) >= 11 is 0. The number of benzene rings is 2. The summed E-state index contributed by atoms with van der Waals surface area (Å²) in [5.74, 6) is -0.0900. The highest BCUT2D eigenvalue weighted by Crippen LogP contribution is 2.37. The van der Waals surface area contributed by atoms with Crippen molar-refractivity contribution < 1.29 is 17.9 Å². The molecule has 148 valence electrons.